The molecule has 1 aliphatic heterocycles. The van der Waals surface area contributed by atoms with Gasteiger partial charge in [-0.2, -0.15) is 0 Å². The maximum atomic E-state index is 12.0. The van der Waals surface area contributed by atoms with Crippen LogP contribution in [0.1, 0.15) is 27.7 Å². The van der Waals surface area contributed by atoms with Crippen molar-refractivity contribution in [3.63, 3.8) is 0 Å². The molecule has 1 heterocycles. The molecule has 0 spiro atoms. The third-order valence-corrected chi connectivity index (χ3v) is 3.36. The maximum Gasteiger partial charge on any atom is 0.102 e. The summed E-state index contributed by atoms with van der Waals surface area (Å²) in [6.45, 7) is 11.6. The fourth-order valence-corrected chi connectivity index (χ4v) is 1.69. The predicted octanol–water partition coefficient (Wildman–Crippen LogP) is 2.32. The van der Waals surface area contributed by atoms with Gasteiger partial charge in [0.1, 0.15) is 6.67 Å². The lowest BCUT2D eigenvalue weighted by atomic mass is 9.63. The van der Waals surface area contributed by atoms with Crippen LogP contribution in [0.4, 0.5) is 4.39 Å². The van der Waals surface area contributed by atoms with Crippen LogP contribution in [0.3, 0.4) is 0 Å². The SMILES string of the molecule is CC(C)(C)C1(C)CN(CCF)C1. The van der Waals surface area contributed by atoms with Crippen molar-refractivity contribution in [2.45, 2.75) is 27.7 Å². The molecule has 0 aliphatic carbocycles. The Morgan fingerprint density at radius 3 is 2.17 bits per heavy atom. The van der Waals surface area contributed by atoms with E-state index >= 15 is 0 Å². The highest BCUT2D eigenvalue weighted by Gasteiger charge is 2.46. The summed E-state index contributed by atoms with van der Waals surface area (Å²) in [5.41, 5.74) is 0.738. The van der Waals surface area contributed by atoms with Crippen molar-refractivity contribution in [3.8, 4) is 0 Å². The van der Waals surface area contributed by atoms with Crippen molar-refractivity contribution < 1.29 is 4.39 Å². The van der Waals surface area contributed by atoms with Crippen LogP contribution in [-0.4, -0.2) is 31.2 Å². The van der Waals surface area contributed by atoms with E-state index in [1.807, 2.05) is 0 Å². The molecule has 1 aliphatic rings. The van der Waals surface area contributed by atoms with E-state index in [2.05, 4.69) is 32.6 Å². The number of hydrogen-bond donors (Lipinski definition) is 0. The molecule has 0 aromatic heterocycles. The Balaban J connectivity index is 2.40. The summed E-state index contributed by atoms with van der Waals surface area (Å²) in [6, 6.07) is 0. The van der Waals surface area contributed by atoms with E-state index in [1.165, 1.54) is 0 Å². The summed E-state index contributed by atoms with van der Waals surface area (Å²) >= 11 is 0. The van der Waals surface area contributed by atoms with Crippen LogP contribution in [0.2, 0.25) is 0 Å². The monoisotopic (exact) mass is 173 g/mol. The lowest BCUT2D eigenvalue weighted by molar-refractivity contribution is -0.0672. The number of hydrogen-bond acceptors (Lipinski definition) is 1. The topological polar surface area (TPSA) is 3.24 Å². The van der Waals surface area contributed by atoms with Gasteiger partial charge in [0, 0.05) is 19.6 Å². The van der Waals surface area contributed by atoms with E-state index in [-0.39, 0.29) is 6.67 Å². The molecule has 0 N–H and O–H groups in total. The third kappa shape index (κ3) is 1.63. The Morgan fingerprint density at radius 1 is 1.33 bits per heavy atom. The van der Waals surface area contributed by atoms with Crippen molar-refractivity contribution >= 4 is 0 Å². The molecule has 12 heavy (non-hydrogen) atoms. The molecule has 1 saturated heterocycles. The molecule has 1 nitrogen and oxygen atoms in total. The first-order chi connectivity index (χ1) is 5.39. The molecule has 0 amide bonds. The van der Waals surface area contributed by atoms with E-state index in [1.54, 1.807) is 0 Å². The summed E-state index contributed by atoms with van der Waals surface area (Å²) in [6.07, 6.45) is 0. The quantitative estimate of drug-likeness (QED) is 0.619. The molecular formula is C10H20FN. The summed E-state index contributed by atoms with van der Waals surface area (Å²) in [5, 5.41) is 0. The van der Waals surface area contributed by atoms with Crippen molar-refractivity contribution in [1.82, 2.24) is 4.90 Å². The largest absolute Gasteiger partial charge is 0.300 e. The number of alkyl halides is 1. The van der Waals surface area contributed by atoms with Crippen LogP contribution in [0, 0.1) is 10.8 Å². The minimum Gasteiger partial charge on any atom is -0.300 e. The van der Waals surface area contributed by atoms with Gasteiger partial charge in [0.15, 0.2) is 0 Å². The van der Waals surface area contributed by atoms with Gasteiger partial charge in [-0.05, 0) is 10.8 Å². The van der Waals surface area contributed by atoms with Crippen molar-refractivity contribution in [2.24, 2.45) is 10.8 Å². The van der Waals surface area contributed by atoms with Gasteiger partial charge in [-0.3, -0.25) is 4.90 Å². The van der Waals surface area contributed by atoms with Gasteiger partial charge in [0.05, 0.1) is 0 Å². The summed E-state index contributed by atoms with van der Waals surface area (Å²) < 4.78 is 12.0. The molecule has 1 rings (SSSR count). The average molecular weight is 173 g/mol. The Kier molecular flexibility index (Phi) is 2.48. The van der Waals surface area contributed by atoms with Crippen LogP contribution in [0.5, 0.6) is 0 Å². The Bertz CT molecular complexity index is 154. The summed E-state index contributed by atoms with van der Waals surface area (Å²) in [7, 11) is 0. The van der Waals surface area contributed by atoms with E-state index in [0.717, 1.165) is 13.1 Å². The van der Waals surface area contributed by atoms with E-state index in [0.29, 0.717) is 17.4 Å². The lowest BCUT2D eigenvalue weighted by Gasteiger charge is -2.55. The second-order valence-electron chi connectivity index (χ2n) is 5.21. The van der Waals surface area contributed by atoms with Gasteiger partial charge in [-0.1, -0.05) is 27.7 Å². The number of rotatable bonds is 2. The van der Waals surface area contributed by atoms with Crippen LogP contribution >= 0.6 is 0 Å². The third-order valence-electron chi connectivity index (χ3n) is 3.36. The second-order valence-corrected chi connectivity index (χ2v) is 5.21. The van der Waals surface area contributed by atoms with E-state index in [9.17, 15) is 4.39 Å². The first-order valence-corrected chi connectivity index (χ1v) is 4.67. The standard InChI is InChI=1S/C10H20FN/c1-9(2,3)10(4)7-12(8-10)6-5-11/h5-8H2,1-4H3. The fraction of sp³-hybridized carbons (Fsp3) is 1.00. The normalized spacial score (nSPS) is 23.8. The number of likely N-dealkylation sites (tertiary alicyclic amines) is 1. The highest BCUT2D eigenvalue weighted by Crippen LogP contribution is 2.45. The highest BCUT2D eigenvalue weighted by atomic mass is 19.1. The van der Waals surface area contributed by atoms with Crippen LogP contribution in [0.15, 0.2) is 0 Å². The number of halogens is 1. The minimum atomic E-state index is -0.208. The molecule has 0 unspecified atom stereocenters. The average Bonchev–Trinajstić information content (AvgIpc) is 1.82. The molecule has 0 aromatic carbocycles. The van der Waals surface area contributed by atoms with E-state index in [4.69, 9.17) is 0 Å². The van der Waals surface area contributed by atoms with Gasteiger partial charge >= 0.3 is 0 Å². The number of nitrogens with zero attached hydrogens (tertiary/aromatic N) is 1. The molecule has 2 heteroatoms. The van der Waals surface area contributed by atoms with Gasteiger partial charge < -0.3 is 0 Å². The van der Waals surface area contributed by atoms with E-state index < -0.39 is 0 Å². The van der Waals surface area contributed by atoms with Crippen LogP contribution in [0.25, 0.3) is 0 Å². The Labute approximate surface area is 74.9 Å². The lowest BCUT2D eigenvalue weighted by Crippen LogP contribution is -2.60. The molecule has 0 atom stereocenters. The Morgan fingerprint density at radius 2 is 1.83 bits per heavy atom. The van der Waals surface area contributed by atoms with Crippen molar-refractivity contribution in [2.75, 3.05) is 26.3 Å². The molecular weight excluding hydrogens is 153 g/mol. The van der Waals surface area contributed by atoms with Crippen LogP contribution in [-0.2, 0) is 0 Å². The molecule has 1 fully saturated rings. The molecule has 72 valence electrons. The van der Waals surface area contributed by atoms with Crippen molar-refractivity contribution in [3.05, 3.63) is 0 Å². The summed E-state index contributed by atoms with van der Waals surface area (Å²) in [4.78, 5) is 2.19. The van der Waals surface area contributed by atoms with Crippen molar-refractivity contribution in [1.29, 1.82) is 0 Å². The van der Waals surface area contributed by atoms with Gasteiger partial charge in [-0.25, -0.2) is 4.39 Å². The van der Waals surface area contributed by atoms with Gasteiger partial charge in [0.2, 0.25) is 0 Å². The van der Waals surface area contributed by atoms with Crippen LogP contribution < -0.4 is 0 Å². The van der Waals surface area contributed by atoms with Gasteiger partial charge in [-0.15, -0.1) is 0 Å². The zero-order chi connectivity index (χ0) is 9.41. The zero-order valence-corrected chi connectivity index (χ0v) is 8.65. The molecule has 0 aromatic rings. The molecule has 0 saturated carbocycles. The first kappa shape index (κ1) is 9.97. The first-order valence-electron chi connectivity index (χ1n) is 4.67. The predicted molar refractivity (Wildman–Crippen MR) is 50.0 cm³/mol. The minimum absolute atomic E-state index is 0.208. The second kappa shape index (κ2) is 2.99. The fourth-order valence-electron chi connectivity index (χ4n) is 1.69. The summed E-state index contributed by atoms with van der Waals surface area (Å²) in [5.74, 6) is 0. The Hall–Kier alpha value is -0.110. The zero-order valence-electron chi connectivity index (χ0n) is 8.65. The smallest absolute Gasteiger partial charge is 0.102 e. The molecule has 0 radical (unpaired) electrons. The maximum absolute atomic E-state index is 12.0. The van der Waals surface area contributed by atoms with Gasteiger partial charge in [0.25, 0.3) is 0 Å². The molecule has 0 bridgehead atoms. The highest BCUT2D eigenvalue weighted by molar-refractivity contribution is 4.98.